The van der Waals surface area contributed by atoms with Crippen LogP contribution in [0.15, 0.2) is 46.6 Å². The average molecular weight is 422 g/mol. The van der Waals surface area contributed by atoms with Gasteiger partial charge in [-0.05, 0) is 36.4 Å². The standard InChI is InChI=1S/C19H17F3N4O2S/c20-19(21,22)13-4-1-3-12(11-13)16-24-25(18(28)26(16)14-6-7-14)9-8-23-17(27)15-5-2-10-29-15/h1-5,10-11,14H,6-9H2,(H,23,27). The van der Waals surface area contributed by atoms with E-state index in [1.54, 1.807) is 17.5 Å². The van der Waals surface area contributed by atoms with E-state index in [0.717, 1.165) is 25.0 Å². The Kier molecular flexibility index (Phi) is 5.03. The number of benzene rings is 1. The van der Waals surface area contributed by atoms with Gasteiger partial charge in [0.15, 0.2) is 5.82 Å². The minimum atomic E-state index is -4.48. The number of halogens is 3. The zero-order valence-electron chi connectivity index (χ0n) is 15.1. The van der Waals surface area contributed by atoms with E-state index in [0.29, 0.717) is 4.88 Å². The van der Waals surface area contributed by atoms with Gasteiger partial charge in [-0.25, -0.2) is 9.48 Å². The Labute approximate surface area is 167 Å². The number of aromatic nitrogens is 3. The first-order valence-corrected chi connectivity index (χ1v) is 9.91. The third-order valence-corrected chi connectivity index (χ3v) is 5.45. The molecule has 0 unspecified atom stereocenters. The van der Waals surface area contributed by atoms with Gasteiger partial charge in [-0.15, -0.1) is 16.4 Å². The number of alkyl halides is 3. The molecular weight excluding hydrogens is 405 g/mol. The second kappa shape index (κ2) is 7.51. The highest BCUT2D eigenvalue weighted by Crippen LogP contribution is 2.37. The first-order valence-electron chi connectivity index (χ1n) is 9.03. The predicted octanol–water partition coefficient (Wildman–Crippen LogP) is 3.56. The van der Waals surface area contributed by atoms with Gasteiger partial charge in [0.1, 0.15) is 0 Å². The lowest BCUT2D eigenvalue weighted by atomic mass is 10.1. The minimum Gasteiger partial charge on any atom is -0.349 e. The second-order valence-electron chi connectivity index (χ2n) is 6.74. The molecule has 1 amide bonds. The summed E-state index contributed by atoms with van der Waals surface area (Å²) in [4.78, 5) is 25.3. The summed E-state index contributed by atoms with van der Waals surface area (Å²) in [7, 11) is 0. The van der Waals surface area contributed by atoms with Crippen LogP contribution in [-0.4, -0.2) is 26.8 Å². The molecule has 0 saturated heterocycles. The number of nitrogens with zero attached hydrogens (tertiary/aromatic N) is 3. The SMILES string of the molecule is O=C(NCCn1nc(-c2cccc(C(F)(F)F)c2)n(C2CC2)c1=O)c1cccs1. The Morgan fingerprint density at radius 2 is 2.03 bits per heavy atom. The number of carbonyl (C=O) groups excluding carboxylic acids is 1. The summed E-state index contributed by atoms with van der Waals surface area (Å²) in [6.07, 6.45) is -2.91. The van der Waals surface area contributed by atoms with Gasteiger partial charge >= 0.3 is 11.9 Å². The number of nitrogens with one attached hydrogen (secondary N) is 1. The molecule has 6 nitrogen and oxygen atoms in total. The minimum absolute atomic E-state index is 0.0542. The maximum Gasteiger partial charge on any atom is 0.416 e. The molecule has 4 rings (SSSR count). The van der Waals surface area contributed by atoms with Crippen molar-refractivity contribution in [1.82, 2.24) is 19.7 Å². The van der Waals surface area contributed by atoms with E-state index in [1.165, 1.54) is 32.7 Å². The second-order valence-corrected chi connectivity index (χ2v) is 7.69. The van der Waals surface area contributed by atoms with Crippen molar-refractivity contribution in [2.75, 3.05) is 6.54 Å². The predicted molar refractivity (Wildman–Crippen MR) is 102 cm³/mol. The summed E-state index contributed by atoms with van der Waals surface area (Å²) < 4.78 is 41.8. The quantitative estimate of drug-likeness (QED) is 0.661. The fourth-order valence-electron chi connectivity index (χ4n) is 3.03. The van der Waals surface area contributed by atoms with Gasteiger partial charge in [-0.1, -0.05) is 18.2 Å². The Bertz CT molecular complexity index is 1080. The third-order valence-electron chi connectivity index (χ3n) is 4.58. The first-order chi connectivity index (χ1) is 13.8. The molecule has 152 valence electrons. The van der Waals surface area contributed by atoms with Crippen LogP contribution in [0.5, 0.6) is 0 Å². The maximum atomic E-state index is 13.1. The highest BCUT2D eigenvalue weighted by molar-refractivity contribution is 7.12. The van der Waals surface area contributed by atoms with Crippen molar-refractivity contribution in [1.29, 1.82) is 0 Å². The summed E-state index contributed by atoms with van der Waals surface area (Å²) in [5.41, 5.74) is -0.932. The lowest BCUT2D eigenvalue weighted by Gasteiger charge is -2.09. The Hall–Kier alpha value is -2.88. The highest BCUT2D eigenvalue weighted by Gasteiger charge is 2.33. The van der Waals surface area contributed by atoms with Crippen molar-refractivity contribution < 1.29 is 18.0 Å². The van der Waals surface area contributed by atoms with E-state index in [2.05, 4.69) is 10.4 Å². The number of rotatable bonds is 6. The fraction of sp³-hybridized carbons (Fsp3) is 0.316. The van der Waals surface area contributed by atoms with E-state index in [1.807, 2.05) is 0 Å². The lowest BCUT2D eigenvalue weighted by molar-refractivity contribution is -0.137. The topological polar surface area (TPSA) is 68.9 Å². The highest BCUT2D eigenvalue weighted by atomic mass is 32.1. The van der Waals surface area contributed by atoms with Crippen LogP contribution in [0.25, 0.3) is 11.4 Å². The monoisotopic (exact) mass is 422 g/mol. The van der Waals surface area contributed by atoms with Gasteiger partial charge in [0.25, 0.3) is 5.91 Å². The molecule has 1 aromatic carbocycles. The van der Waals surface area contributed by atoms with E-state index >= 15 is 0 Å². The summed E-state index contributed by atoms with van der Waals surface area (Å²) in [6, 6.07) is 8.21. The molecule has 3 aromatic rings. The van der Waals surface area contributed by atoms with E-state index in [9.17, 15) is 22.8 Å². The smallest absolute Gasteiger partial charge is 0.349 e. The number of thiophene rings is 1. The van der Waals surface area contributed by atoms with Crippen LogP contribution in [0.2, 0.25) is 0 Å². The third kappa shape index (κ3) is 4.12. The first kappa shape index (κ1) is 19.4. The van der Waals surface area contributed by atoms with Gasteiger partial charge in [-0.2, -0.15) is 13.2 Å². The molecule has 0 bridgehead atoms. The van der Waals surface area contributed by atoms with Crippen molar-refractivity contribution in [3.63, 3.8) is 0 Å². The molecule has 2 aromatic heterocycles. The maximum absolute atomic E-state index is 13.1. The van der Waals surface area contributed by atoms with Crippen LogP contribution in [0.1, 0.15) is 34.1 Å². The molecule has 0 atom stereocenters. The lowest BCUT2D eigenvalue weighted by Crippen LogP contribution is -2.31. The molecule has 1 fully saturated rings. The van der Waals surface area contributed by atoms with E-state index in [-0.39, 0.29) is 42.1 Å². The van der Waals surface area contributed by atoms with Crippen LogP contribution >= 0.6 is 11.3 Å². The number of hydrogen-bond donors (Lipinski definition) is 1. The van der Waals surface area contributed by atoms with Gasteiger partial charge in [0, 0.05) is 18.2 Å². The molecule has 1 saturated carbocycles. The fourth-order valence-corrected chi connectivity index (χ4v) is 3.67. The van der Waals surface area contributed by atoms with Crippen molar-refractivity contribution >= 4 is 17.2 Å². The number of amides is 1. The summed E-state index contributed by atoms with van der Waals surface area (Å²) in [6.45, 7) is 0.308. The van der Waals surface area contributed by atoms with Crippen molar-refractivity contribution in [2.24, 2.45) is 0 Å². The zero-order chi connectivity index (χ0) is 20.6. The summed E-state index contributed by atoms with van der Waals surface area (Å²) in [5, 5.41) is 8.78. The van der Waals surface area contributed by atoms with E-state index < -0.39 is 11.7 Å². The number of hydrogen-bond acceptors (Lipinski definition) is 4. The van der Waals surface area contributed by atoms with Crippen molar-refractivity contribution in [3.8, 4) is 11.4 Å². The summed E-state index contributed by atoms with van der Waals surface area (Å²) >= 11 is 1.31. The Balaban J connectivity index is 1.58. The molecule has 10 heteroatoms. The van der Waals surface area contributed by atoms with Crippen LogP contribution in [0.4, 0.5) is 13.2 Å². The molecule has 1 aliphatic rings. The number of carbonyl (C=O) groups is 1. The molecule has 0 aliphatic heterocycles. The molecule has 29 heavy (non-hydrogen) atoms. The Morgan fingerprint density at radius 3 is 2.69 bits per heavy atom. The molecule has 1 N–H and O–H groups in total. The normalized spacial score (nSPS) is 14.2. The van der Waals surface area contributed by atoms with Crippen molar-refractivity contribution in [2.45, 2.75) is 31.6 Å². The van der Waals surface area contributed by atoms with Gasteiger partial charge in [0.2, 0.25) is 0 Å². The molecule has 1 aliphatic carbocycles. The van der Waals surface area contributed by atoms with Gasteiger partial charge < -0.3 is 5.32 Å². The van der Waals surface area contributed by atoms with Crippen LogP contribution in [-0.2, 0) is 12.7 Å². The van der Waals surface area contributed by atoms with Crippen LogP contribution in [0, 0.1) is 0 Å². The van der Waals surface area contributed by atoms with Gasteiger partial charge in [0.05, 0.1) is 17.0 Å². The summed E-state index contributed by atoms with van der Waals surface area (Å²) in [5.74, 6) is -0.0269. The average Bonchev–Trinajstić information content (AvgIpc) is 3.25. The van der Waals surface area contributed by atoms with Crippen LogP contribution < -0.4 is 11.0 Å². The molecule has 0 spiro atoms. The zero-order valence-corrected chi connectivity index (χ0v) is 16.0. The Morgan fingerprint density at radius 1 is 1.24 bits per heavy atom. The molecular formula is C19H17F3N4O2S. The van der Waals surface area contributed by atoms with E-state index in [4.69, 9.17) is 0 Å². The van der Waals surface area contributed by atoms with Gasteiger partial charge in [-0.3, -0.25) is 9.36 Å². The largest absolute Gasteiger partial charge is 0.416 e. The van der Waals surface area contributed by atoms with Crippen LogP contribution in [0.3, 0.4) is 0 Å². The molecule has 0 radical (unpaired) electrons. The van der Waals surface area contributed by atoms with Crippen molar-refractivity contribution in [3.05, 3.63) is 62.7 Å². The molecule has 2 heterocycles.